The van der Waals surface area contributed by atoms with Crippen molar-refractivity contribution in [3.05, 3.63) is 11.4 Å². The summed E-state index contributed by atoms with van der Waals surface area (Å²) >= 11 is 0. The maximum atomic E-state index is 13.0. The molecule has 0 aromatic carbocycles. The number of carbonyl (C=O) groups is 2. The van der Waals surface area contributed by atoms with Crippen molar-refractivity contribution in [2.75, 3.05) is 13.6 Å². The monoisotopic (exact) mass is 332 g/mol. The molecule has 24 heavy (non-hydrogen) atoms. The third-order valence-corrected chi connectivity index (χ3v) is 5.23. The maximum absolute atomic E-state index is 13.0. The van der Waals surface area contributed by atoms with Crippen molar-refractivity contribution in [2.45, 2.75) is 59.5 Å². The van der Waals surface area contributed by atoms with Crippen LogP contribution in [0.25, 0.3) is 0 Å². The van der Waals surface area contributed by atoms with E-state index in [4.69, 9.17) is 4.99 Å². The molecule has 1 aromatic rings. The number of hydrogen-bond donors (Lipinski definition) is 0. The topological polar surface area (TPSA) is 61.8 Å². The number of rotatable bonds is 4. The minimum absolute atomic E-state index is 0.174. The number of likely N-dealkylation sites (N-methyl/N-ethyl adjacent to an activating group) is 1. The van der Waals surface area contributed by atoms with Crippen LogP contribution in [-0.2, 0) is 4.79 Å². The summed E-state index contributed by atoms with van der Waals surface area (Å²) in [5.74, 6) is 1.13. The van der Waals surface area contributed by atoms with Gasteiger partial charge in [0.25, 0.3) is 5.91 Å². The summed E-state index contributed by atoms with van der Waals surface area (Å²) in [6.07, 6.45) is 1.72. The van der Waals surface area contributed by atoms with E-state index in [1.165, 1.54) is 9.80 Å². The van der Waals surface area contributed by atoms with E-state index >= 15 is 0 Å². The zero-order valence-corrected chi connectivity index (χ0v) is 15.3. The Hall–Kier alpha value is -2.18. The fraction of sp³-hybridized carbons (Fsp3) is 0.647. The lowest BCUT2D eigenvalue weighted by Gasteiger charge is -2.33. The molecule has 1 saturated heterocycles. The first-order valence-electron chi connectivity index (χ1n) is 8.65. The third kappa shape index (κ3) is 2.03. The summed E-state index contributed by atoms with van der Waals surface area (Å²) in [4.78, 5) is 33.1. The largest absolute Gasteiger partial charge is 0.402 e. The second kappa shape index (κ2) is 5.72. The molecule has 1 fully saturated rings. The first-order chi connectivity index (χ1) is 11.3. The van der Waals surface area contributed by atoms with E-state index in [-0.39, 0.29) is 18.0 Å². The summed E-state index contributed by atoms with van der Waals surface area (Å²) in [5.41, 5.74) is 2.15. The summed E-state index contributed by atoms with van der Waals surface area (Å²) in [5, 5.41) is 0. The van der Waals surface area contributed by atoms with Crippen molar-refractivity contribution in [1.82, 2.24) is 14.4 Å². The average Bonchev–Trinajstić information content (AvgIpc) is 3.05. The fourth-order valence-electron chi connectivity index (χ4n) is 3.60. The third-order valence-electron chi connectivity index (χ3n) is 5.23. The number of imidazole rings is 1. The van der Waals surface area contributed by atoms with Crippen molar-refractivity contribution in [2.24, 2.45) is 4.99 Å². The van der Waals surface area contributed by atoms with Gasteiger partial charge in [0.2, 0.25) is 11.9 Å². The Morgan fingerprint density at radius 1 is 1.25 bits per heavy atom. The molecule has 130 valence electrons. The normalized spacial score (nSPS) is 21.1. The average molecular weight is 332 g/mol. The number of hydrogen-bond acceptors (Lipinski definition) is 3. The number of nitrogens with zero attached hydrogens (tertiary/aromatic N) is 5. The predicted molar refractivity (Wildman–Crippen MR) is 90.4 cm³/mol. The predicted octanol–water partition coefficient (Wildman–Crippen LogP) is 2.25. The summed E-state index contributed by atoms with van der Waals surface area (Å²) in [6.45, 7) is 10.8. The molecule has 0 bridgehead atoms. The van der Waals surface area contributed by atoms with E-state index in [0.717, 1.165) is 30.2 Å². The quantitative estimate of drug-likeness (QED) is 0.794. The van der Waals surface area contributed by atoms with Gasteiger partial charge in [-0.15, -0.1) is 0 Å². The lowest BCUT2D eigenvalue weighted by molar-refractivity contribution is -0.683. The van der Waals surface area contributed by atoms with Gasteiger partial charge in [-0.2, -0.15) is 0 Å². The molecule has 7 nitrogen and oxygen atoms in total. The van der Waals surface area contributed by atoms with E-state index < -0.39 is 6.04 Å². The SMILES string of the molecule is CCCN1C(=O)C2C(=Nc3n(C(C)CC)c(C)c(C)[n+]32)N(C)C1=O. The van der Waals surface area contributed by atoms with Crippen LogP contribution in [0.15, 0.2) is 4.99 Å². The highest BCUT2D eigenvalue weighted by Crippen LogP contribution is 2.33. The first kappa shape index (κ1) is 16.7. The molecule has 0 spiro atoms. The Morgan fingerprint density at radius 3 is 2.50 bits per heavy atom. The summed E-state index contributed by atoms with van der Waals surface area (Å²) < 4.78 is 4.17. The van der Waals surface area contributed by atoms with Gasteiger partial charge in [-0.25, -0.2) is 13.9 Å². The lowest BCUT2D eigenvalue weighted by atomic mass is 10.1. The van der Waals surface area contributed by atoms with Crippen LogP contribution >= 0.6 is 0 Å². The number of amidine groups is 1. The number of aromatic nitrogens is 2. The maximum Gasteiger partial charge on any atom is 0.402 e. The van der Waals surface area contributed by atoms with Crippen LogP contribution in [0.4, 0.5) is 10.7 Å². The molecule has 2 aliphatic heterocycles. The molecule has 7 heteroatoms. The molecule has 0 radical (unpaired) electrons. The van der Waals surface area contributed by atoms with Gasteiger partial charge in [-0.3, -0.25) is 14.6 Å². The van der Waals surface area contributed by atoms with Gasteiger partial charge in [0, 0.05) is 13.6 Å². The van der Waals surface area contributed by atoms with Gasteiger partial charge in [0.15, 0.2) is 0 Å². The second-order valence-corrected chi connectivity index (χ2v) is 6.67. The van der Waals surface area contributed by atoms with E-state index in [9.17, 15) is 9.59 Å². The van der Waals surface area contributed by atoms with Crippen LogP contribution in [0.1, 0.15) is 57.1 Å². The van der Waals surface area contributed by atoms with Crippen molar-refractivity contribution in [3.8, 4) is 0 Å². The van der Waals surface area contributed by atoms with Gasteiger partial charge in [0.05, 0.1) is 6.04 Å². The first-order valence-corrected chi connectivity index (χ1v) is 8.65. The van der Waals surface area contributed by atoms with Crippen molar-refractivity contribution >= 4 is 23.7 Å². The molecule has 0 saturated carbocycles. The lowest BCUT2D eigenvalue weighted by Crippen LogP contribution is -2.63. The fourth-order valence-corrected chi connectivity index (χ4v) is 3.60. The molecule has 1 aromatic heterocycles. The Balaban J connectivity index is 2.17. The molecule has 0 N–H and O–H groups in total. The Morgan fingerprint density at radius 2 is 1.92 bits per heavy atom. The van der Waals surface area contributed by atoms with Gasteiger partial charge >= 0.3 is 12.0 Å². The summed E-state index contributed by atoms with van der Waals surface area (Å²) in [6, 6.07) is -0.530. The van der Waals surface area contributed by atoms with Gasteiger partial charge < -0.3 is 0 Å². The number of urea groups is 1. The van der Waals surface area contributed by atoms with E-state index in [2.05, 4.69) is 25.3 Å². The van der Waals surface area contributed by atoms with Crippen LogP contribution in [0.5, 0.6) is 0 Å². The Kier molecular flexibility index (Phi) is 3.97. The highest BCUT2D eigenvalue weighted by molar-refractivity contribution is 6.19. The van der Waals surface area contributed by atoms with Crippen molar-refractivity contribution in [3.63, 3.8) is 0 Å². The van der Waals surface area contributed by atoms with E-state index in [1.807, 2.05) is 18.4 Å². The van der Waals surface area contributed by atoms with Crippen LogP contribution in [0.2, 0.25) is 0 Å². The Bertz CT molecular complexity index is 749. The van der Waals surface area contributed by atoms with Crippen LogP contribution < -0.4 is 4.57 Å². The van der Waals surface area contributed by atoms with Crippen LogP contribution in [0, 0.1) is 13.8 Å². The number of imide groups is 1. The van der Waals surface area contributed by atoms with E-state index in [1.54, 1.807) is 7.05 Å². The number of aliphatic imine (C=N–C) groups is 1. The standard InChI is InChI=1S/C17H26N5O2/c1-7-9-20-15(23)13-14(19(6)17(20)24)18-16-21(10(3)8-2)11(4)12(5)22(13)16/h10,13H,7-9H2,1-6H3/q+1. The van der Waals surface area contributed by atoms with Crippen molar-refractivity contribution < 1.29 is 14.2 Å². The second-order valence-electron chi connectivity index (χ2n) is 6.67. The molecular formula is C17H26N5O2+. The smallest absolute Gasteiger partial charge is 0.270 e. The highest BCUT2D eigenvalue weighted by Gasteiger charge is 2.54. The molecule has 3 heterocycles. The van der Waals surface area contributed by atoms with Gasteiger partial charge in [-0.1, -0.05) is 18.8 Å². The zero-order chi connectivity index (χ0) is 17.8. The molecule has 0 aliphatic carbocycles. The molecule has 3 amide bonds. The van der Waals surface area contributed by atoms with Gasteiger partial charge in [0.1, 0.15) is 11.4 Å². The highest BCUT2D eigenvalue weighted by atomic mass is 16.2. The number of fused-ring (bicyclic) bond motifs is 3. The molecule has 2 atom stereocenters. The minimum atomic E-state index is -0.529. The number of amides is 3. The minimum Gasteiger partial charge on any atom is -0.270 e. The molecular weight excluding hydrogens is 306 g/mol. The van der Waals surface area contributed by atoms with Gasteiger partial charge in [-0.05, 0) is 33.6 Å². The van der Waals surface area contributed by atoms with Crippen molar-refractivity contribution in [1.29, 1.82) is 0 Å². The van der Waals surface area contributed by atoms with Crippen LogP contribution in [-0.4, -0.2) is 45.7 Å². The zero-order valence-electron chi connectivity index (χ0n) is 15.3. The Labute approximate surface area is 142 Å². The van der Waals surface area contributed by atoms with Crippen LogP contribution in [0.3, 0.4) is 0 Å². The molecule has 2 aliphatic rings. The van der Waals surface area contributed by atoms with E-state index in [0.29, 0.717) is 12.4 Å². The molecule has 2 unspecified atom stereocenters. The summed E-state index contributed by atoms with van der Waals surface area (Å²) in [7, 11) is 1.70. The number of carbonyl (C=O) groups excluding carboxylic acids is 2. The molecule has 3 rings (SSSR count).